The number of halogens is 3. The maximum Gasteiger partial charge on any atom is 0.264 e. The Morgan fingerprint density at radius 1 is 1.37 bits per heavy atom. The van der Waals surface area contributed by atoms with E-state index in [0.717, 1.165) is 22.3 Å². The number of rotatable bonds is 4. The molecule has 102 valence electrons. The van der Waals surface area contributed by atoms with Crippen LogP contribution in [0.25, 0.3) is 0 Å². The van der Waals surface area contributed by atoms with Crippen LogP contribution in [0.2, 0.25) is 4.34 Å². The van der Waals surface area contributed by atoms with Crippen molar-refractivity contribution in [2.24, 2.45) is 0 Å². The van der Waals surface area contributed by atoms with Gasteiger partial charge in [-0.15, -0.1) is 22.7 Å². The first-order valence-electron chi connectivity index (χ1n) is 5.49. The average molecular weight is 444 g/mol. The molecule has 0 bridgehead atoms. The molecular weight excluding hydrogens is 434 g/mol. The average Bonchev–Trinajstić information content (AvgIpc) is 2.93. The number of nitrogens with zero attached hydrogens (tertiary/aromatic N) is 1. The van der Waals surface area contributed by atoms with Crippen molar-refractivity contribution in [1.29, 1.82) is 0 Å². The van der Waals surface area contributed by atoms with Gasteiger partial charge in [0.1, 0.15) is 0 Å². The second-order valence-corrected chi connectivity index (χ2v) is 8.78. The monoisotopic (exact) mass is 441 g/mol. The molecule has 0 aliphatic carbocycles. The summed E-state index contributed by atoms with van der Waals surface area (Å²) in [5.41, 5.74) is 0. The molecule has 7 heteroatoms. The van der Waals surface area contributed by atoms with Gasteiger partial charge in [-0.25, -0.2) is 0 Å². The van der Waals surface area contributed by atoms with Crippen LogP contribution < -0.4 is 0 Å². The molecule has 0 fully saturated rings. The van der Waals surface area contributed by atoms with Gasteiger partial charge in [0.15, 0.2) is 0 Å². The Bertz CT molecular complexity index is 577. The van der Waals surface area contributed by atoms with E-state index in [-0.39, 0.29) is 5.91 Å². The summed E-state index contributed by atoms with van der Waals surface area (Å²) in [5.74, 6) is 0.0448. The summed E-state index contributed by atoms with van der Waals surface area (Å²) in [5, 5.41) is 0. The zero-order valence-electron chi connectivity index (χ0n) is 9.95. The molecule has 0 N–H and O–H groups in total. The predicted octanol–water partition coefficient (Wildman–Crippen LogP) is 5.65. The molecule has 2 aromatic heterocycles. The van der Waals surface area contributed by atoms with Gasteiger partial charge in [0.25, 0.3) is 5.91 Å². The van der Waals surface area contributed by atoms with Crippen molar-refractivity contribution in [3.05, 3.63) is 40.5 Å². The first kappa shape index (κ1) is 15.5. The van der Waals surface area contributed by atoms with Crippen LogP contribution in [0.15, 0.2) is 26.5 Å². The first-order chi connectivity index (χ1) is 9.01. The van der Waals surface area contributed by atoms with E-state index in [9.17, 15) is 4.79 Å². The van der Waals surface area contributed by atoms with Crippen molar-refractivity contribution in [3.63, 3.8) is 0 Å². The minimum atomic E-state index is 0.0448. The van der Waals surface area contributed by atoms with Crippen molar-refractivity contribution in [3.8, 4) is 0 Å². The molecule has 0 aromatic carbocycles. The van der Waals surface area contributed by atoms with Crippen LogP contribution in [0.5, 0.6) is 0 Å². The third kappa shape index (κ3) is 3.82. The maximum absolute atomic E-state index is 12.4. The Morgan fingerprint density at radius 3 is 2.58 bits per heavy atom. The quantitative estimate of drug-likeness (QED) is 0.598. The van der Waals surface area contributed by atoms with E-state index >= 15 is 0 Å². The summed E-state index contributed by atoms with van der Waals surface area (Å²) in [6.07, 6.45) is 0. The highest BCUT2D eigenvalue weighted by molar-refractivity contribution is 9.13. The molecule has 2 heterocycles. The van der Waals surface area contributed by atoms with Crippen molar-refractivity contribution in [2.45, 2.75) is 13.5 Å². The zero-order valence-corrected chi connectivity index (χ0v) is 15.5. The van der Waals surface area contributed by atoms with Crippen LogP contribution >= 0.6 is 66.1 Å². The van der Waals surface area contributed by atoms with Gasteiger partial charge in [0, 0.05) is 15.9 Å². The second-order valence-electron chi connectivity index (χ2n) is 3.76. The Kier molecular flexibility index (Phi) is 5.48. The van der Waals surface area contributed by atoms with Gasteiger partial charge in [-0.2, -0.15) is 0 Å². The fourth-order valence-corrected chi connectivity index (χ4v) is 4.67. The molecule has 2 nitrogen and oxygen atoms in total. The van der Waals surface area contributed by atoms with Crippen LogP contribution in [-0.4, -0.2) is 17.4 Å². The highest BCUT2D eigenvalue weighted by Gasteiger charge is 2.18. The second kappa shape index (κ2) is 6.72. The third-order valence-corrected chi connectivity index (χ3v) is 6.96. The van der Waals surface area contributed by atoms with E-state index < -0.39 is 0 Å². The molecule has 2 aromatic rings. The lowest BCUT2D eigenvalue weighted by molar-refractivity contribution is 0.0759. The summed E-state index contributed by atoms with van der Waals surface area (Å²) in [6, 6.07) is 5.67. The summed E-state index contributed by atoms with van der Waals surface area (Å²) in [7, 11) is 0. The largest absolute Gasteiger partial charge is 0.333 e. The van der Waals surface area contributed by atoms with E-state index in [4.69, 9.17) is 11.6 Å². The zero-order chi connectivity index (χ0) is 14.0. The summed E-state index contributed by atoms with van der Waals surface area (Å²) >= 11 is 15.7. The van der Waals surface area contributed by atoms with Crippen LogP contribution in [0.4, 0.5) is 0 Å². The van der Waals surface area contributed by atoms with Crippen molar-refractivity contribution in [2.75, 3.05) is 6.54 Å². The molecule has 0 radical (unpaired) electrons. The highest BCUT2D eigenvalue weighted by atomic mass is 79.9. The lowest BCUT2D eigenvalue weighted by atomic mass is 10.3. The van der Waals surface area contributed by atoms with Gasteiger partial charge >= 0.3 is 0 Å². The topological polar surface area (TPSA) is 20.3 Å². The van der Waals surface area contributed by atoms with Crippen molar-refractivity contribution >= 4 is 72.0 Å². The number of carbonyl (C=O) groups excluding carboxylic acids is 1. The highest BCUT2D eigenvalue weighted by Crippen LogP contribution is 2.33. The molecule has 0 spiro atoms. The number of carbonyl (C=O) groups is 1. The van der Waals surface area contributed by atoms with Crippen LogP contribution in [0.3, 0.4) is 0 Å². The summed E-state index contributed by atoms with van der Waals surface area (Å²) in [4.78, 5) is 16.0. The standard InChI is InChI=1S/C12H10Br2ClNOS2/c1-2-16(6-7-3-4-10(15)18-7)12(17)9-5-8(13)11(14)19-9/h3-5H,2,6H2,1H3. The van der Waals surface area contributed by atoms with E-state index in [0.29, 0.717) is 13.1 Å². The first-order valence-corrected chi connectivity index (χ1v) is 9.09. The van der Waals surface area contributed by atoms with E-state index in [1.807, 2.05) is 30.0 Å². The molecule has 0 aliphatic heterocycles. The minimum Gasteiger partial charge on any atom is -0.333 e. The number of thiophene rings is 2. The van der Waals surface area contributed by atoms with Crippen molar-refractivity contribution < 1.29 is 4.79 Å². The molecule has 0 saturated heterocycles. The minimum absolute atomic E-state index is 0.0448. The summed E-state index contributed by atoms with van der Waals surface area (Å²) in [6.45, 7) is 3.24. The normalized spacial score (nSPS) is 10.7. The van der Waals surface area contributed by atoms with Gasteiger partial charge in [-0.05, 0) is 57.0 Å². The maximum atomic E-state index is 12.4. The van der Waals surface area contributed by atoms with Gasteiger partial charge in [0.2, 0.25) is 0 Å². The summed E-state index contributed by atoms with van der Waals surface area (Å²) < 4.78 is 2.60. The molecule has 2 rings (SSSR count). The number of amides is 1. The Balaban J connectivity index is 2.15. The smallest absolute Gasteiger partial charge is 0.264 e. The number of hydrogen-bond donors (Lipinski definition) is 0. The fraction of sp³-hybridized carbons (Fsp3) is 0.250. The van der Waals surface area contributed by atoms with Crippen LogP contribution in [0.1, 0.15) is 21.5 Å². The number of hydrogen-bond acceptors (Lipinski definition) is 3. The molecule has 0 aliphatic rings. The van der Waals surface area contributed by atoms with E-state index in [1.165, 1.54) is 22.7 Å². The lowest BCUT2D eigenvalue weighted by Crippen LogP contribution is -2.29. The van der Waals surface area contributed by atoms with Gasteiger partial charge in [0.05, 0.1) is 19.5 Å². The van der Waals surface area contributed by atoms with Gasteiger partial charge in [-0.3, -0.25) is 4.79 Å². The Labute approximate surface area is 141 Å². The lowest BCUT2D eigenvalue weighted by Gasteiger charge is -2.19. The molecule has 19 heavy (non-hydrogen) atoms. The molecule has 0 unspecified atom stereocenters. The SMILES string of the molecule is CCN(Cc1ccc(Cl)s1)C(=O)c1cc(Br)c(Br)s1. The molecule has 0 atom stereocenters. The fourth-order valence-electron chi connectivity index (χ4n) is 1.56. The molecule has 0 saturated carbocycles. The van der Waals surface area contributed by atoms with Gasteiger partial charge in [-0.1, -0.05) is 11.6 Å². The molecule has 1 amide bonds. The molecular formula is C12H10Br2ClNOS2. The van der Waals surface area contributed by atoms with Crippen LogP contribution in [0, 0.1) is 0 Å². The third-order valence-electron chi connectivity index (χ3n) is 2.50. The van der Waals surface area contributed by atoms with Crippen LogP contribution in [-0.2, 0) is 6.54 Å². The van der Waals surface area contributed by atoms with Crippen molar-refractivity contribution in [1.82, 2.24) is 4.90 Å². The van der Waals surface area contributed by atoms with Gasteiger partial charge < -0.3 is 4.90 Å². The van der Waals surface area contributed by atoms with E-state index in [1.54, 1.807) is 0 Å². The predicted molar refractivity (Wildman–Crippen MR) is 89.5 cm³/mol. The van der Waals surface area contributed by atoms with E-state index in [2.05, 4.69) is 31.9 Å². The Morgan fingerprint density at radius 2 is 2.11 bits per heavy atom. The Hall–Kier alpha value is 0.120.